The highest BCUT2D eigenvalue weighted by Crippen LogP contribution is 2.29. The molecule has 0 aliphatic heterocycles. The average molecular weight is 471 g/mol. The van der Waals surface area contributed by atoms with E-state index in [9.17, 15) is 4.79 Å². The minimum absolute atomic E-state index is 0.0615. The van der Waals surface area contributed by atoms with Crippen LogP contribution in [0.3, 0.4) is 0 Å². The van der Waals surface area contributed by atoms with Gasteiger partial charge in [-0.05, 0) is 59.8 Å². The van der Waals surface area contributed by atoms with Crippen LogP contribution in [0.4, 0.5) is 5.82 Å². The summed E-state index contributed by atoms with van der Waals surface area (Å²) in [5.41, 5.74) is 7.59. The van der Waals surface area contributed by atoms with E-state index in [-0.39, 0.29) is 18.0 Å². The second kappa shape index (κ2) is 9.15. The third kappa shape index (κ3) is 4.45. The molecular weight excluding hydrogens is 446 g/mol. The summed E-state index contributed by atoms with van der Waals surface area (Å²) in [4.78, 5) is 17.4. The molecule has 1 amide bonds. The van der Waals surface area contributed by atoms with Crippen molar-refractivity contribution in [3.8, 4) is 5.75 Å². The molecule has 1 heterocycles. The van der Waals surface area contributed by atoms with Crippen molar-refractivity contribution in [1.29, 1.82) is 0 Å². The first-order valence-electron chi connectivity index (χ1n) is 9.33. The second-order valence-electron chi connectivity index (χ2n) is 6.84. The van der Waals surface area contributed by atoms with Gasteiger partial charge in [0.15, 0.2) is 16.2 Å². The normalized spacial score (nSPS) is 18.9. The molecule has 0 radical (unpaired) electrons. The predicted octanol–water partition coefficient (Wildman–Crippen LogP) is 3.40. The number of nitrogens with one attached hydrogen (secondary N) is 2. The molecule has 7 nitrogen and oxygen atoms in total. The van der Waals surface area contributed by atoms with Gasteiger partial charge < -0.3 is 25.7 Å². The van der Waals surface area contributed by atoms with Gasteiger partial charge in [0.25, 0.3) is 5.91 Å². The molecule has 3 rings (SSSR count). The average Bonchev–Trinajstić information content (AvgIpc) is 3.19. The van der Waals surface area contributed by atoms with Gasteiger partial charge in [0.1, 0.15) is 5.75 Å². The number of benzene rings is 1. The van der Waals surface area contributed by atoms with Crippen LogP contribution >= 0.6 is 27.5 Å². The molecular formula is C19H25BrClN5O2. The minimum Gasteiger partial charge on any atom is -0.495 e. The Hall–Kier alpha value is -1.77. The number of imidazole rings is 1. The molecule has 0 bridgehead atoms. The molecule has 4 N–H and O–H groups in total. The van der Waals surface area contributed by atoms with Gasteiger partial charge in [-0.3, -0.25) is 4.79 Å². The molecule has 1 fully saturated rings. The first-order chi connectivity index (χ1) is 13.4. The Bertz CT molecular complexity index is 857. The highest BCUT2D eigenvalue weighted by atomic mass is 79.9. The number of ether oxygens (including phenoxy) is 1. The van der Waals surface area contributed by atoms with Gasteiger partial charge in [-0.15, -0.1) is 0 Å². The zero-order valence-electron chi connectivity index (χ0n) is 16.0. The van der Waals surface area contributed by atoms with Gasteiger partial charge in [0.05, 0.1) is 18.7 Å². The Morgan fingerprint density at radius 3 is 2.86 bits per heavy atom. The number of nitrogens with two attached hydrogens (primary N) is 1. The van der Waals surface area contributed by atoms with E-state index in [1.165, 1.54) is 0 Å². The lowest BCUT2D eigenvalue weighted by Gasteiger charge is -2.18. The number of methoxy groups -OCH3 is 1. The standard InChI is InChI=1S/C19H25BrClN5O2/c1-3-23-18(27)16-17(24-14-6-4-5-13(14)22)25-19(20)26(16)10-11-7-8-15(28-2)12(21)9-11/h7-9,13-14,24H,3-6,10,22H2,1-2H3,(H,23,27)/t13-,14+/m1/s1. The summed E-state index contributed by atoms with van der Waals surface area (Å²) in [6.07, 6.45) is 3.01. The first kappa shape index (κ1) is 21.0. The van der Waals surface area contributed by atoms with Crippen molar-refractivity contribution in [3.63, 3.8) is 0 Å². The summed E-state index contributed by atoms with van der Waals surface area (Å²) in [7, 11) is 1.58. The number of hydrogen-bond donors (Lipinski definition) is 3. The maximum absolute atomic E-state index is 12.8. The van der Waals surface area contributed by atoms with E-state index in [0.717, 1.165) is 24.8 Å². The van der Waals surface area contributed by atoms with Crippen LogP contribution in [0.2, 0.25) is 5.02 Å². The summed E-state index contributed by atoms with van der Waals surface area (Å²) in [6.45, 7) is 2.84. The lowest BCUT2D eigenvalue weighted by molar-refractivity contribution is 0.0947. The van der Waals surface area contributed by atoms with Gasteiger partial charge >= 0.3 is 0 Å². The summed E-state index contributed by atoms with van der Waals surface area (Å²) in [5.74, 6) is 0.964. The number of rotatable bonds is 7. The molecule has 0 unspecified atom stereocenters. The fourth-order valence-electron chi connectivity index (χ4n) is 3.48. The van der Waals surface area contributed by atoms with Crippen LogP contribution in [0.15, 0.2) is 22.9 Å². The minimum atomic E-state index is -0.186. The summed E-state index contributed by atoms with van der Waals surface area (Å²) < 4.78 is 7.60. The molecule has 2 aromatic rings. The van der Waals surface area contributed by atoms with E-state index in [1.807, 2.05) is 29.7 Å². The van der Waals surface area contributed by atoms with Crippen molar-refractivity contribution in [2.24, 2.45) is 5.73 Å². The van der Waals surface area contributed by atoms with Crippen LogP contribution < -0.4 is 21.1 Å². The number of hydrogen-bond acceptors (Lipinski definition) is 5. The molecule has 152 valence electrons. The third-order valence-electron chi connectivity index (χ3n) is 4.92. The van der Waals surface area contributed by atoms with Crippen molar-refractivity contribution in [2.75, 3.05) is 19.0 Å². The number of carbonyl (C=O) groups excluding carboxylic acids is 1. The first-order valence-corrected chi connectivity index (χ1v) is 10.5. The van der Waals surface area contributed by atoms with Crippen molar-refractivity contribution >= 4 is 39.3 Å². The van der Waals surface area contributed by atoms with E-state index < -0.39 is 0 Å². The van der Waals surface area contributed by atoms with E-state index in [2.05, 4.69) is 31.5 Å². The molecule has 28 heavy (non-hydrogen) atoms. The van der Waals surface area contributed by atoms with Gasteiger partial charge in [-0.2, -0.15) is 0 Å². The van der Waals surface area contributed by atoms with E-state index in [1.54, 1.807) is 7.11 Å². The van der Waals surface area contributed by atoms with Crippen LogP contribution in [0, 0.1) is 0 Å². The van der Waals surface area contributed by atoms with Crippen molar-refractivity contribution in [1.82, 2.24) is 14.9 Å². The molecule has 1 saturated carbocycles. The van der Waals surface area contributed by atoms with Gasteiger partial charge in [0.2, 0.25) is 0 Å². The predicted molar refractivity (Wildman–Crippen MR) is 114 cm³/mol. The number of nitrogens with zero attached hydrogens (tertiary/aromatic N) is 2. The van der Waals surface area contributed by atoms with Crippen molar-refractivity contribution in [3.05, 3.63) is 39.2 Å². The molecule has 0 spiro atoms. The molecule has 9 heteroatoms. The quantitative estimate of drug-likeness (QED) is 0.576. The lowest BCUT2D eigenvalue weighted by atomic mass is 10.2. The highest BCUT2D eigenvalue weighted by Gasteiger charge is 2.28. The van der Waals surface area contributed by atoms with Gasteiger partial charge in [0, 0.05) is 18.6 Å². The molecule has 1 aliphatic rings. The summed E-state index contributed by atoms with van der Waals surface area (Å²) >= 11 is 9.75. The van der Waals surface area contributed by atoms with Gasteiger partial charge in [-0.25, -0.2) is 4.98 Å². The lowest BCUT2D eigenvalue weighted by Crippen LogP contribution is -2.36. The molecule has 0 saturated heterocycles. The monoisotopic (exact) mass is 469 g/mol. The summed E-state index contributed by atoms with van der Waals surface area (Å²) in [6, 6.07) is 5.73. The number of carbonyl (C=O) groups is 1. The fraction of sp³-hybridized carbons (Fsp3) is 0.474. The highest BCUT2D eigenvalue weighted by molar-refractivity contribution is 9.10. The maximum atomic E-state index is 12.8. The smallest absolute Gasteiger partial charge is 0.271 e. The van der Waals surface area contributed by atoms with Crippen LogP contribution in [-0.2, 0) is 6.54 Å². The Balaban J connectivity index is 1.94. The molecule has 1 aromatic heterocycles. The van der Waals surface area contributed by atoms with Crippen LogP contribution in [0.5, 0.6) is 5.75 Å². The van der Waals surface area contributed by atoms with E-state index in [4.69, 9.17) is 22.1 Å². The third-order valence-corrected chi connectivity index (χ3v) is 5.82. The van der Waals surface area contributed by atoms with Crippen LogP contribution in [-0.4, -0.2) is 41.2 Å². The largest absolute Gasteiger partial charge is 0.495 e. The van der Waals surface area contributed by atoms with Crippen molar-refractivity contribution in [2.45, 2.75) is 44.8 Å². The zero-order valence-corrected chi connectivity index (χ0v) is 18.3. The van der Waals surface area contributed by atoms with Crippen molar-refractivity contribution < 1.29 is 9.53 Å². The zero-order chi connectivity index (χ0) is 20.3. The van der Waals surface area contributed by atoms with E-state index in [0.29, 0.717) is 40.1 Å². The Labute approximate surface area is 178 Å². The summed E-state index contributed by atoms with van der Waals surface area (Å²) in [5, 5.41) is 6.77. The number of aromatic nitrogens is 2. The molecule has 2 atom stereocenters. The van der Waals surface area contributed by atoms with Gasteiger partial charge in [-0.1, -0.05) is 17.7 Å². The Morgan fingerprint density at radius 1 is 1.46 bits per heavy atom. The number of anilines is 1. The molecule has 1 aromatic carbocycles. The maximum Gasteiger partial charge on any atom is 0.271 e. The second-order valence-corrected chi connectivity index (χ2v) is 7.95. The van der Waals surface area contributed by atoms with Crippen LogP contribution in [0.1, 0.15) is 42.2 Å². The topological polar surface area (TPSA) is 94.2 Å². The molecule has 1 aliphatic carbocycles. The number of halogens is 2. The fourth-order valence-corrected chi connectivity index (χ4v) is 4.24. The van der Waals surface area contributed by atoms with Crippen LogP contribution in [0.25, 0.3) is 0 Å². The van der Waals surface area contributed by atoms with E-state index >= 15 is 0 Å². The Morgan fingerprint density at radius 2 is 2.25 bits per heavy atom. The number of amides is 1. The SMILES string of the molecule is CCNC(=O)c1c(N[C@H]2CCC[C@H]2N)nc(Br)n1Cc1ccc(OC)c(Cl)c1. The Kier molecular flexibility index (Phi) is 6.85.